The minimum atomic E-state index is -1.32. The molecule has 0 aliphatic rings. The Hall–Kier alpha value is -3.36. The number of carbonyl (C=O) groups is 2. The monoisotopic (exact) mass is 422 g/mol. The Labute approximate surface area is 168 Å². The van der Waals surface area contributed by atoms with Gasteiger partial charge in [0.2, 0.25) is 5.91 Å². The number of halogens is 4. The molecular formula is C21H18F4N2O3. The highest BCUT2D eigenvalue weighted by Gasteiger charge is 2.27. The van der Waals surface area contributed by atoms with Gasteiger partial charge in [0, 0.05) is 28.8 Å². The topological polar surface area (TPSA) is 71.3 Å². The standard InChI is InChI=1S/C21H18F4N2O3/c1-9(2)26-17(28)7-12-10(3)27(16-8-15(24)20(29)19(25)18(12)16)21(30)11-4-5-13(22)14(23)6-11/h4-6,8-9,29H,7H2,1-3H3,(H,26,28). The van der Waals surface area contributed by atoms with E-state index in [2.05, 4.69) is 5.32 Å². The van der Waals surface area contributed by atoms with Crippen LogP contribution in [0.2, 0.25) is 0 Å². The molecule has 0 saturated heterocycles. The van der Waals surface area contributed by atoms with Gasteiger partial charge in [0.1, 0.15) is 0 Å². The van der Waals surface area contributed by atoms with Crippen molar-refractivity contribution in [2.24, 2.45) is 0 Å². The number of hydrogen-bond acceptors (Lipinski definition) is 3. The molecule has 3 rings (SSSR count). The molecule has 2 N–H and O–H groups in total. The van der Waals surface area contributed by atoms with E-state index in [4.69, 9.17) is 0 Å². The molecule has 0 saturated carbocycles. The molecule has 0 aliphatic carbocycles. The second-order valence-corrected chi connectivity index (χ2v) is 7.15. The Morgan fingerprint density at radius 1 is 1.07 bits per heavy atom. The average Bonchev–Trinajstić information content (AvgIpc) is 2.92. The molecule has 1 aromatic heterocycles. The lowest BCUT2D eigenvalue weighted by atomic mass is 10.1. The second kappa shape index (κ2) is 7.81. The Balaban J connectivity index is 2.26. The maximum absolute atomic E-state index is 14.8. The van der Waals surface area contributed by atoms with E-state index >= 15 is 0 Å². The predicted octanol–water partition coefficient (Wildman–Crippen LogP) is 3.97. The number of carbonyl (C=O) groups excluding carboxylic acids is 2. The summed E-state index contributed by atoms with van der Waals surface area (Å²) in [6.07, 6.45) is -0.347. The zero-order chi connectivity index (χ0) is 22.3. The van der Waals surface area contributed by atoms with E-state index < -0.39 is 40.8 Å². The van der Waals surface area contributed by atoms with Crippen molar-refractivity contribution in [1.29, 1.82) is 0 Å². The summed E-state index contributed by atoms with van der Waals surface area (Å²) in [5.41, 5.74) is -0.349. The fourth-order valence-corrected chi connectivity index (χ4v) is 3.33. The first-order chi connectivity index (χ1) is 14.0. The third-order valence-corrected chi connectivity index (χ3v) is 4.64. The number of nitrogens with zero attached hydrogens (tertiary/aromatic N) is 1. The number of aromatic hydroxyl groups is 1. The average molecular weight is 422 g/mol. The number of benzene rings is 2. The zero-order valence-electron chi connectivity index (χ0n) is 16.3. The Kier molecular flexibility index (Phi) is 5.56. The van der Waals surface area contributed by atoms with Crippen molar-refractivity contribution < 1.29 is 32.3 Å². The molecule has 1 heterocycles. The number of fused-ring (bicyclic) bond motifs is 1. The van der Waals surface area contributed by atoms with Gasteiger partial charge in [-0.15, -0.1) is 0 Å². The van der Waals surface area contributed by atoms with Crippen molar-refractivity contribution in [1.82, 2.24) is 9.88 Å². The van der Waals surface area contributed by atoms with E-state index in [0.29, 0.717) is 6.07 Å². The van der Waals surface area contributed by atoms with Crippen LogP contribution in [0.15, 0.2) is 24.3 Å². The highest BCUT2D eigenvalue weighted by atomic mass is 19.2. The van der Waals surface area contributed by atoms with Crippen LogP contribution in [0.4, 0.5) is 17.6 Å². The van der Waals surface area contributed by atoms with E-state index in [0.717, 1.165) is 22.8 Å². The van der Waals surface area contributed by atoms with Crippen LogP contribution in [0.25, 0.3) is 10.9 Å². The van der Waals surface area contributed by atoms with E-state index in [-0.39, 0.29) is 40.2 Å². The highest BCUT2D eigenvalue weighted by Crippen LogP contribution is 2.35. The minimum absolute atomic E-state index is 0.0619. The Morgan fingerprint density at radius 3 is 2.33 bits per heavy atom. The first kappa shape index (κ1) is 21.4. The van der Waals surface area contributed by atoms with Crippen molar-refractivity contribution in [3.05, 3.63) is 64.4 Å². The van der Waals surface area contributed by atoms with E-state index in [1.807, 2.05) is 0 Å². The minimum Gasteiger partial charge on any atom is -0.503 e. The van der Waals surface area contributed by atoms with Crippen LogP contribution in [-0.4, -0.2) is 27.5 Å². The molecule has 158 valence electrons. The van der Waals surface area contributed by atoms with E-state index in [1.54, 1.807) is 13.8 Å². The lowest BCUT2D eigenvalue weighted by molar-refractivity contribution is -0.120. The Morgan fingerprint density at radius 2 is 1.73 bits per heavy atom. The molecule has 5 nitrogen and oxygen atoms in total. The molecule has 0 aliphatic heterocycles. The summed E-state index contributed by atoms with van der Waals surface area (Å²) in [5, 5.41) is 12.0. The molecule has 0 bridgehead atoms. The van der Waals surface area contributed by atoms with Gasteiger partial charge >= 0.3 is 0 Å². The fourth-order valence-electron chi connectivity index (χ4n) is 3.33. The molecule has 0 radical (unpaired) electrons. The number of amides is 1. The van der Waals surface area contributed by atoms with Gasteiger partial charge in [0.25, 0.3) is 5.91 Å². The fraction of sp³-hybridized carbons (Fsp3) is 0.238. The SMILES string of the molecule is Cc1c(CC(=O)NC(C)C)c2c(F)c(O)c(F)cc2n1C(=O)c1ccc(F)c(F)c1. The number of phenolic OH excluding ortho intramolecular Hbond substituents is 1. The smallest absolute Gasteiger partial charge is 0.262 e. The van der Waals surface area contributed by atoms with Crippen LogP contribution in [0.1, 0.15) is 35.5 Å². The Bertz CT molecular complexity index is 1190. The summed E-state index contributed by atoms with van der Waals surface area (Å²) in [6.45, 7) is 4.86. The number of phenols is 1. The number of hydrogen-bond donors (Lipinski definition) is 2. The van der Waals surface area contributed by atoms with Crippen molar-refractivity contribution in [2.45, 2.75) is 33.2 Å². The summed E-state index contributed by atoms with van der Waals surface area (Å²) in [5.74, 6) is -7.65. The second-order valence-electron chi connectivity index (χ2n) is 7.15. The van der Waals surface area contributed by atoms with Crippen molar-refractivity contribution in [2.75, 3.05) is 0 Å². The normalized spacial score (nSPS) is 11.3. The molecule has 0 unspecified atom stereocenters. The molecule has 0 atom stereocenters. The third kappa shape index (κ3) is 3.62. The van der Waals surface area contributed by atoms with Crippen molar-refractivity contribution in [3.63, 3.8) is 0 Å². The zero-order valence-corrected chi connectivity index (χ0v) is 16.3. The molecule has 9 heteroatoms. The maximum Gasteiger partial charge on any atom is 0.262 e. The largest absolute Gasteiger partial charge is 0.503 e. The predicted molar refractivity (Wildman–Crippen MR) is 101 cm³/mol. The maximum atomic E-state index is 14.8. The van der Waals surface area contributed by atoms with Crippen molar-refractivity contribution in [3.8, 4) is 5.75 Å². The van der Waals surface area contributed by atoms with Crippen LogP contribution >= 0.6 is 0 Å². The van der Waals surface area contributed by atoms with Crippen molar-refractivity contribution >= 4 is 22.7 Å². The van der Waals surface area contributed by atoms with Gasteiger partial charge in [-0.25, -0.2) is 17.6 Å². The summed E-state index contributed by atoms with van der Waals surface area (Å²) in [6, 6.07) is 3.01. The molecule has 2 aromatic carbocycles. The number of rotatable bonds is 4. The van der Waals surface area contributed by atoms with Gasteiger partial charge in [-0.3, -0.25) is 14.2 Å². The number of nitrogens with one attached hydrogen (secondary N) is 1. The van der Waals surface area contributed by atoms with Crippen LogP contribution in [0, 0.1) is 30.2 Å². The third-order valence-electron chi connectivity index (χ3n) is 4.64. The molecular weight excluding hydrogens is 404 g/mol. The van der Waals surface area contributed by atoms with Gasteiger partial charge in [-0.1, -0.05) is 0 Å². The van der Waals surface area contributed by atoms with Gasteiger partial charge in [-0.2, -0.15) is 0 Å². The molecule has 30 heavy (non-hydrogen) atoms. The lowest BCUT2D eigenvalue weighted by Crippen LogP contribution is -2.31. The van der Waals surface area contributed by atoms with Crippen LogP contribution in [-0.2, 0) is 11.2 Å². The summed E-state index contributed by atoms with van der Waals surface area (Å²) in [7, 11) is 0. The van der Waals surface area contributed by atoms with Crippen LogP contribution < -0.4 is 5.32 Å². The van der Waals surface area contributed by atoms with Crippen LogP contribution in [0.5, 0.6) is 5.75 Å². The summed E-state index contributed by atoms with van der Waals surface area (Å²) in [4.78, 5) is 25.3. The van der Waals surface area contributed by atoms with Crippen LogP contribution in [0.3, 0.4) is 0 Å². The first-order valence-corrected chi connectivity index (χ1v) is 9.02. The van der Waals surface area contributed by atoms with E-state index in [9.17, 15) is 32.3 Å². The molecule has 3 aromatic rings. The molecule has 0 fully saturated rings. The first-order valence-electron chi connectivity index (χ1n) is 9.02. The number of aromatic nitrogens is 1. The lowest BCUT2D eigenvalue weighted by Gasteiger charge is -2.09. The molecule has 0 spiro atoms. The summed E-state index contributed by atoms with van der Waals surface area (Å²) >= 11 is 0. The highest BCUT2D eigenvalue weighted by molar-refractivity contribution is 6.05. The summed E-state index contributed by atoms with van der Waals surface area (Å²) < 4.78 is 56.5. The van der Waals surface area contributed by atoms with Gasteiger partial charge < -0.3 is 10.4 Å². The van der Waals surface area contributed by atoms with E-state index in [1.165, 1.54) is 6.92 Å². The van der Waals surface area contributed by atoms with Gasteiger partial charge in [-0.05, 0) is 44.5 Å². The molecule has 1 amide bonds. The van der Waals surface area contributed by atoms with Gasteiger partial charge in [0.05, 0.1) is 11.9 Å². The van der Waals surface area contributed by atoms with Gasteiger partial charge in [0.15, 0.2) is 29.0 Å². The quantitative estimate of drug-likeness (QED) is 0.625.